The van der Waals surface area contributed by atoms with Crippen LogP contribution >= 0.6 is 27.3 Å². The third kappa shape index (κ3) is 1.76. The molecular weight excluding hydrogens is 254 g/mol. The Morgan fingerprint density at radius 2 is 2.54 bits per heavy atom. The second kappa shape index (κ2) is 3.38. The van der Waals surface area contributed by atoms with Crippen molar-refractivity contribution in [2.45, 2.75) is 12.3 Å². The zero-order valence-electron chi connectivity index (χ0n) is 6.77. The van der Waals surface area contributed by atoms with E-state index in [4.69, 9.17) is 0 Å². The van der Waals surface area contributed by atoms with Crippen LogP contribution in [0.15, 0.2) is 11.4 Å². The molecule has 0 aromatic carbocycles. The molecule has 1 heterocycles. The molecule has 0 radical (unpaired) electrons. The largest absolute Gasteiger partial charge is 0.324 e. The Hall–Kier alpha value is -0.420. The Morgan fingerprint density at radius 3 is 3.00 bits per heavy atom. The molecular formula is C8H8BrNO2S. The van der Waals surface area contributed by atoms with Gasteiger partial charge in [0.25, 0.3) is 0 Å². The van der Waals surface area contributed by atoms with E-state index in [0.717, 1.165) is 10.9 Å². The van der Waals surface area contributed by atoms with E-state index in [2.05, 4.69) is 15.9 Å². The first-order valence-corrected chi connectivity index (χ1v) is 6.01. The maximum atomic E-state index is 10.4. The van der Waals surface area contributed by atoms with Gasteiger partial charge in [-0.3, -0.25) is 10.1 Å². The van der Waals surface area contributed by atoms with E-state index in [9.17, 15) is 10.1 Å². The number of hydrogen-bond donors (Lipinski definition) is 0. The highest BCUT2D eigenvalue weighted by molar-refractivity contribution is 9.09. The summed E-state index contributed by atoms with van der Waals surface area (Å²) in [5.41, 5.74) is 1.14. The van der Waals surface area contributed by atoms with Crippen LogP contribution in [0, 0.1) is 16.0 Å². The minimum atomic E-state index is -0.320. The van der Waals surface area contributed by atoms with Crippen molar-refractivity contribution in [2.24, 2.45) is 5.92 Å². The maximum absolute atomic E-state index is 10.4. The molecule has 0 spiro atoms. The molecule has 3 nitrogen and oxygen atoms in total. The molecule has 0 aliphatic heterocycles. The minimum absolute atomic E-state index is 0.259. The van der Waals surface area contributed by atoms with E-state index in [-0.39, 0.29) is 9.92 Å². The molecule has 1 saturated carbocycles. The number of alkyl halides is 1. The lowest BCUT2D eigenvalue weighted by molar-refractivity contribution is -0.380. The molecule has 1 aromatic heterocycles. The van der Waals surface area contributed by atoms with Crippen LogP contribution < -0.4 is 0 Å². The van der Waals surface area contributed by atoms with Crippen LogP contribution in [0.2, 0.25) is 0 Å². The molecule has 1 aliphatic carbocycles. The lowest BCUT2D eigenvalue weighted by Crippen LogP contribution is -1.83. The smallest absolute Gasteiger partial charge is 0.258 e. The maximum Gasteiger partial charge on any atom is 0.324 e. The first-order valence-electron chi connectivity index (χ1n) is 4.01. The molecule has 0 N–H and O–H groups in total. The zero-order valence-corrected chi connectivity index (χ0v) is 9.18. The first kappa shape index (κ1) is 9.15. The van der Waals surface area contributed by atoms with Crippen LogP contribution in [0.4, 0.5) is 5.00 Å². The lowest BCUT2D eigenvalue weighted by atomic mass is 10.2. The summed E-state index contributed by atoms with van der Waals surface area (Å²) in [5.74, 6) is 1.25. The summed E-state index contributed by atoms with van der Waals surface area (Å²) in [6, 6.07) is 1.71. The van der Waals surface area contributed by atoms with Crippen molar-refractivity contribution >= 4 is 32.3 Å². The molecule has 5 heteroatoms. The molecule has 13 heavy (non-hydrogen) atoms. The number of hydrogen-bond acceptors (Lipinski definition) is 3. The molecule has 2 unspecified atom stereocenters. The van der Waals surface area contributed by atoms with Crippen molar-refractivity contribution in [1.82, 2.24) is 0 Å². The van der Waals surface area contributed by atoms with Crippen molar-refractivity contribution < 1.29 is 4.92 Å². The molecule has 0 bridgehead atoms. The summed E-state index contributed by atoms with van der Waals surface area (Å²) in [4.78, 5) is 10.1. The van der Waals surface area contributed by atoms with Gasteiger partial charge >= 0.3 is 5.00 Å². The summed E-state index contributed by atoms with van der Waals surface area (Å²) in [6.07, 6.45) is 1.17. The average molecular weight is 262 g/mol. The summed E-state index contributed by atoms with van der Waals surface area (Å²) < 4.78 is 0. The quantitative estimate of drug-likeness (QED) is 0.477. The highest BCUT2D eigenvalue weighted by atomic mass is 79.9. The first-order chi connectivity index (χ1) is 6.22. The average Bonchev–Trinajstić information content (AvgIpc) is 2.73. The predicted molar refractivity (Wildman–Crippen MR) is 55.6 cm³/mol. The molecule has 0 saturated heterocycles. The Labute approximate surface area is 88.0 Å². The third-order valence-electron chi connectivity index (χ3n) is 2.33. The Balaban J connectivity index is 2.11. The van der Waals surface area contributed by atoms with Gasteiger partial charge < -0.3 is 0 Å². The van der Waals surface area contributed by atoms with E-state index < -0.39 is 0 Å². The van der Waals surface area contributed by atoms with Gasteiger partial charge in [0, 0.05) is 16.8 Å². The van der Waals surface area contributed by atoms with Crippen molar-refractivity contribution in [3.63, 3.8) is 0 Å². The molecule has 1 aromatic rings. The van der Waals surface area contributed by atoms with Gasteiger partial charge in [0.05, 0.1) is 4.92 Å². The summed E-state index contributed by atoms with van der Waals surface area (Å²) in [7, 11) is 0. The highest BCUT2D eigenvalue weighted by Crippen LogP contribution is 2.50. The van der Waals surface area contributed by atoms with Crippen molar-refractivity contribution in [3.8, 4) is 0 Å². The SMILES string of the molecule is O=[N+]([O-])c1cc(C2CC2CBr)cs1. The van der Waals surface area contributed by atoms with E-state index in [1.54, 1.807) is 6.07 Å². The number of nitro groups is 1. The van der Waals surface area contributed by atoms with E-state index in [1.165, 1.54) is 17.8 Å². The standard InChI is InChI=1S/C8H8BrNO2S/c9-3-5-1-7(5)6-2-8(10(11)12)13-4-6/h2,4-5,7H,1,3H2. The predicted octanol–water partition coefficient (Wildman–Crippen LogP) is 3.15. The topological polar surface area (TPSA) is 43.1 Å². The fraction of sp³-hybridized carbons (Fsp3) is 0.500. The lowest BCUT2D eigenvalue weighted by Gasteiger charge is -1.89. The van der Waals surface area contributed by atoms with Gasteiger partial charge in [-0.05, 0) is 23.8 Å². The van der Waals surface area contributed by atoms with Crippen LogP contribution in [0.1, 0.15) is 17.9 Å². The van der Waals surface area contributed by atoms with Gasteiger partial charge in [-0.25, -0.2) is 0 Å². The van der Waals surface area contributed by atoms with Crippen LogP contribution in [0.5, 0.6) is 0 Å². The minimum Gasteiger partial charge on any atom is -0.258 e. The van der Waals surface area contributed by atoms with Crippen LogP contribution in [0.3, 0.4) is 0 Å². The fourth-order valence-electron chi connectivity index (χ4n) is 1.46. The second-order valence-corrected chi connectivity index (χ2v) is 4.77. The normalized spacial score (nSPS) is 25.9. The van der Waals surface area contributed by atoms with Gasteiger partial charge in [-0.15, -0.1) is 0 Å². The molecule has 2 rings (SSSR count). The van der Waals surface area contributed by atoms with Gasteiger partial charge in [-0.1, -0.05) is 27.3 Å². The van der Waals surface area contributed by atoms with E-state index in [0.29, 0.717) is 11.8 Å². The Kier molecular flexibility index (Phi) is 2.38. The number of thiophene rings is 1. The van der Waals surface area contributed by atoms with Crippen LogP contribution in [-0.4, -0.2) is 10.3 Å². The number of halogens is 1. The van der Waals surface area contributed by atoms with Gasteiger partial charge in [0.1, 0.15) is 0 Å². The van der Waals surface area contributed by atoms with Crippen LogP contribution in [-0.2, 0) is 0 Å². The van der Waals surface area contributed by atoms with E-state index >= 15 is 0 Å². The van der Waals surface area contributed by atoms with Gasteiger partial charge in [-0.2, -0.15) is 0 Å². The molecule has 2 atom stereocenters. The van der Waals surface area contributed by atoms with Crippen molar-refractivity contribution in [3.05, 3.63) is 27.1 Å². The summed E-state index contributed by atoms with van der Waals surface area (Å²) in [6.45, 7) is 0. The highest BCUT2D eigenvalue weighted by Gasteiger charge is 2.38. The van der Waals surface area contributed by atoms with Gasteiger partial charge in [0.2, 0.25) is 0 Å². The molecule has 1 aliphatic rings. The number of rotatable bonds is 3. The Morgan fingerprint density at radius 1 is 1.77 bits per heavy atom. The molecule has 1 fully saturated rings. The molecule has 70 valence electrons. The summed E-state index contributed by atoms with van der Waals surface area (Å²) >= 11 is 4.64. The monoisotopic (exact) mass is 261 g/mol. The van der Waals surface area contributed by atoms with Crippen molar-refractivity contribution in [1.29, 1.82) is 0 Å². The van der Waals surface area contributed by atoms with Gasteiger partial charge in [0.15, 0.2) is 0 Å². The molecule has 0 amide bonds. The van der Waals surface area contributed by atoms with Crippen LogP contribution in [0.25, 0.3) is 0 Å². The third-order valence-corrected chi connectivity index (χ3v) is 4.06. The Bertz CT molecular complexity index is 339. The fourth-order valence-corrected chi connectivity index (χ4v) is 2.96. The van der Waals surface area contributed by atoms with E-state index in [1.807, 2.05) is 5.38 Å². The second-order valence-electron chi connectivity index (χ2n) is 3.23. The zero-order chi connectivity index (χ0) is 9.42. The number of nitrogens with zero attached hydrogens (tertiary/aromatic N) is 1. The van der Waals surface area contributed by atoms with Crippen molar-refractivity contribution in [2.75, 3.05) is 5.33 Å². The summed E-state index contributed by atoms with van der Waals surface area (Å²) in [5, 5.41) is 13.6.